The van der Waals surface area contributed by atoms with E-state index in [0.717, 1.165) is 41.0 Å². The fourth-order valence-corrected chi connectivity index (χ4v) is 3.83. The first-order valence-electron chi connectivity index (χ1n) is 9.92. The maximum atomic E-state index is 13.1. The Balaban J connectivity index is 1.82. The van der Waals surface area contributed by atoms with Gasteiger partial charge in [0, 0.05) is 17.7 Å². The summed E-state index contributed by atoms with van der Waals surface area (Å²) in [5.41, 5.74) is 4.45. The highest BCUT2D eigenvalue weighted by molar-refractivity contribution is 6.00. The molecule has 0 spiro atoms. The van der Waals surface area contributed by atoms with Gasteiger partial charge in [0.2, 0.25) is 0 Å². The Labute approximate surface area is 165 Å². The van der Waals surface area contributed by atoms with Gasteiger partial charge in [-0.1, -0.05) is 56.3 Å². The number of carbonyl (C=O) groups excluding carboxylic acids is 1. The van der Waals surface area contributed by atoms with E-state index in [9.17, 15) is 4.79 Å². The van der Waals surface area contributed by atoms with Gasteiger partial charge < -0.3 is 9.64 Å². The van der Waals surface area contributed by atoms with Crippen LogP contribution in [0.25, 0.3) is 11.3 Å². The van der Waals surface area contributed by atoms with Crippen molar-refractivity contribution in [1.29, 1.82) is 0 Å². The first kappa shape index (κ1) is 18.3. The van der Waals surface area contributed by atoms with E-state index in [1.807, 2.05) is 53.4 Å². The summed E-state index contributed by atoms with van der Waals surface area (Å²) in [6.45, 7) is 5.55. The molecule has 0 saturated carbocycles. The highest BCUT2D eigenvalue weighted by atomic mass is 16.5. The molecule has 2 aromatic carbocycles. The second kappa shape index (κ2) is 7.89. The largest absolute Gasteiger partial charge is 0.494 e. The number of nitrogens with zero attached hydrogens (tertiary/aromatic N) is 2. The van der Waals surface area contributed by atoms with Crippen LogP contribution in [0.5, 0.6) is 5.75 Å². The van der Waals surface area contributed by atoms with Gasteiger partial charge in [0.05, 0.1) is 18.3 Å². The lowest BCUT2D eigenvalue weighted by molar-refractivity contribution is 0.0743. The summed E-state index contributed by atoms with van der Waals surface area (Å²) in [4.78, 5) is 15.0. The number of aromatic nitrogens is 2. The van der Waals surface area contributed by atoms with E-state index in [0.29, 0.717) is 18.8 Å². The molecular weight excluding hydrogens is 350 g/mol. The van der Waals surface area contributed by atoms with Crippen molar-refractivity contribution in [2.45, 2.75) is 32.7 Å². The molecule has 1 aliphatic heterocycles. The van der Waals surface area contributed by atoms with E-state index in [1.54, 1.807) is 0 Å². The van der Waals surface area contributed by atoms with Gasteiger partial charge in [-0.3, -0.25) is 9.89 Å². The molecule has 0 radical (unpaired) electrons. The molecule has 1 aliphatic rings. The molecule has 1 atom stereocenters. The Hall–Kier alpha value is -3.08. The zero-order valence-electron chi connectivity index (χ0n) is 16.3. The molecule has 1 N–H and O–H groups in total. The predicted molar refractivity (Wildman–Crippen MR) is 109 cm³/mol. The smallest absolute Gasteiger partial charge is 0.273 e. The van der Waals surface area contributed by atoms with E-state index in [2.05, 4.69) is 30.1 Å². The number of fused-ring (bicyclic) bond motifs is 1. The lowest BCUT2D eigenvalue weighted by Gasteiger charge is -2.26. The number of rotatable bonds is 7. The average Bonchev–Trinajstić information content (AvgIpc) is 3.27. The topological polar surface area (TPSA) is 58.2 Å². The second-order valence-electron chi connectivity index (χ2n) is 7.05. The molecule has 4 rings (SSSR count). The summed E-state index contributed by atoms with van der Waals surface area (Å²) in [7, 11) is 0. The van der Waals surface area contributed by atoms with Gasteiger partial charge in [-0.2, -0.15) is 5.10 Å². The van der Waals surface area contributed by atoms with E-state index in [1.165, 1.54) is 0 Å². The Morgan fingerprint density at radius 1 is 1.07 bits per heavy atom. The molecule has 0 bridgehead atoms. The number of ether oxygens (including phenoxy) is 1. The summed E-state index contributed by atoms with van der Waals surface area (Å²) < 4.78 is 5.83. The monoisotopic (exact) mass is 375 g/mol. The van der Waals surface area contributed by atoms with E-state index >= 15 is 0 Å². The molecule has 1 unspecified atom stereocenters. The van der Waals surface area contributed by atoms with Gasteiger partial charge in [-0.05, 0) is 30.5 Å². The van der Waals surface area contributed by atoms with Crippen molar-refractivity contribution in [2.75, 3.05) is 13.2 Å². The number of nitrogens with one attached hydrogen (secondary N) is 1. The summed E-state index contributed by atoms with van der Waals surface area (Å²) in [6, 6.07) is 17.9. The molecule has 5 heteroatoms. The van der Waals surface area contributed by atoms with Gasteiger partial charge in [0.15, 0.2) is 0 Å². The van der Waals surface area contributed by atoms with Crippen molar-refractivity contribution in [3.8, 4) is 17.0 Å². The molecule has 28 heavy (non-hydrogen) atoms. The van der Waals surface area contributed by atoms with Crippen molar-refractivity contribution in [3.05, 3.63) is 71.4 Å². The summed E-state index contributed by atoms with van der Waals surface area (Å²) in [6.07, 6.45) is 1.85. The van der Waals surface area contributed by atoms with E-state index < -0.39 is 0 Å². The standard InChI is InChI=1S/C23H25N3O2/c1-3-13-26-22(17-11-8-12-18(15-17)28-14-4-2)19-20(16-9-6-5-7-10-16)24-25-21(19)23(26)27/h5-12,15,22H,3-4,13-14H2,1-2H3,(H,24,25). The highest BCUT2D eigenvalue weighted by Gasteiger charge is 2.41. The molecule has 3 aromatic rings. The van der Waals surface area contributed by atoms with Crippen molar-refractivity contribution < 1.29 is 9.53 Å². The molecule has 5 nitrogen and oxygen atoms in total. The van der Waals surface area contributed by atoms with Gasteiger partial charge in [-0.25, -0.2) is 0 Å². The molecule has 0 saturated heterocycles. The average molecular weight is 375 g/mol. The minimum atomic E-state index is -0.165. The van der Waals surface area contributed by atoms with E-state index in [-0.39, 0.29) is 11.9 Å². The number of aromatic amines is 1. The normalized spacial score (nSPS) is 15.7. The van der Waals surface area contributed by atoms with Gasteiger partial charge in [0.1, 0.15) is 11.4 Å². The third-order valence-electron chi connectivity index (χ3n) is 5.02. The zero-order chi connectivity index (χ0) is 19.5. The fraction of sp³-hybridized carbons (Fsp3) is 0.304. The van der Waals surface area contributed by atoms with Crippen LogP contribution in [-0.4, -0.2) is 34.2 Å². The Morgan fingerprint density at radius 3 is 2.64 bits per heavy atom. The molecule has 1 aromatic heterocycles. The van der Waals surface area contributed by atoms with Crippen molar-refractivity contribution in [1.82, 2.24) is 15.1 Å². The summed E-state index contributed by atoms with van der Waals surface area (Å²) >= 11 is 0. The molecule has 0 aliphatic carbocycles. The van der Waals surface area contributed by atoms with Crippen LogP contribution in [0.4, 0.5) is 0 Å². The van der Waals surface area contributed by atoms with Gasteiger partial charge in [0.25, 0.3) is 5.91 Å². The predicted octanol–water partition coefficient (Wildman–Crippen LogP) is 4.82. The maximum absolute atomic E-state index is 13.1. The van der Waals surface area contributed by atoms with Crippen LogP contribution >= 0.6 is 0 Å². The Bertz CT molecular complexity index is 965. The maximum Gasteiger partial charge on any atom is 0.273 e. The van der Waals surface area contributed by atoms with Gasteiger partial charge >= 0.3 is 0 Å². The van der Waals surface area contributed by atoms with Crippen LogP contribution in [0.1, 0.15) is 54.3 Å². The lowest BCUT2D eigenvalue weighted by Crippen LogP contribution is -2.30. The highest BCUT2D eigenvalue weighted by Crippen LogP contribution is 2.43. The van der Waals surface area contributed by atoms with Crippen molar-refractivity contribution in [2.24, 2.45) is 0 Å². The summed E-state index contributed by atoms with van der Waals surface area (Å²) in [5, 5.41) is 7.50. The van der Waals surface area contributed by atoms with Crippen LogP contribution < -0.4 is 4.74 Å². The fourth-order valence-electron chi connectivity index (χ4n) is 3.83. The van der Waals surface area contributed by atoms with Crippen LogP contribution in [0.15, 0.2) is 54.6 Å². The zero-order valence-corrected chi connectivity index (χ0v) is 16.3. The third kappa shape index (κ3) is 3.17. The molecule has 2 heterocycles. The second-order valence-corrected chi connectivity index (χ2v) is 7.05. The molecule has 144 valence electrons. The Morgan fingerprint density at radius 2 is 1.89 bits per heavy atom. The van der Waals surface area contributed by atoms with Gasteiger partial charge in [-0.15, -0.1) is 0 Å². The Kier molecular flexibility index (Phi) is 5.15. The molecule has 0 fully saturated rings. The molecular formula is C23H25N3O2. The number of hydrogen-bond donors (Lipinski definition) is 1. The first-order chi connectivity index (χ1) is 13.7. The SMILES string of the molecule is CCCOc1cccc(C2c3c(-c4ccccc4)n[nH]c3C(=O)N2CCC)c1. The van der Waals surface area contributed by atoms with Crippen LogP contribution in [0.3, 0.4) is 0 Å². The van der Waals surface area contributed by atoms with Crippen molar-refractivity contribution in [3.63, 3.8) is 0 Å². The van der Waals surface area contributed by atoms with Crippen molar-refractivity contribution >= 4 is 5.91 Å². The minimum absolute atomic E-state index is 0.0106. The number of amides is 1. The number of carbonyl (C=O) groups is 1. The quantitative estimate of drug-likeness (QED) is 0.644. The number of benzene rings is 2. The molecule has 1 amide bonds. The van der Waals surface area contributed by atoms with Crippen LogP contribution in [0, 0.1) is 0 Å². The first-order valence-corrected chi connectivity index (χ1v) is 9.92. The van der Waals surface area contributed by atoms with E-state index in [4.69, 9.17) is 4.74 Å². The lowest BCUT2D eigenvalue weighted by atomic mass is 9.96. The summed E-state index contributed by atoms with van der Waals surface area (Å²) in [5.74, 6) is 0.845. The van der Waals surface area contributed by atoms with Crippen LogP contribution in [-0.2, 0) is 0 Å². The van der Waals surface area contributed by atoms with Crippen LogP contribution in [0.2, 0.25) is 0 Å². The number of hydrogen-bond acceptors (Lipinski definition) is 3. The minimum Gasteiger partial charge on any atom is -0.494 e. The number of H-pyrrole nitrogens is 1. The third-order valence-corrected chi connectivity index (χ3v) is 5.02.